The second-order valence-electron chi connectivity index (χ2n) is 19.6. The highest BCUT2D eigenvalue weighted by Gasteiger charge is 2.57. The Labute approximate surface area is 439 Å². The Balaban J connectivity index is 0.930. The predicted molar refractivity (Wildman–Crippen MR) is 232 cm³/mol. The topological polar surface area (TPSA) is 585 Å². The first-order valence-corrected chi connectivity index (χ1v) is 24.7. The summed E-state index contributed by atoms with van der Waals surface area (Å²) in [5.74, 6) is 0. The van der Waals surface area contributed by atoms with Crippen molar-refractivity contribution in [1.82, 2.24) is 0 Å². The van der Waals surface area contributed by atoms with Crippen LogP contribution in [-0.2, 0) is 61.6 Å². The van der Waals surface area contributed by atoms with E-state index in [4.69, 9.17) is 61.6 Å². The fraction of sp³-hybridized carbons (Fsp3) is 1.00. The Hall–Kier alpha value is -1.44. The lowest BCUT2D eigenvalue weighted by molar-refractivity contribution is -0.385. The highest BCUT2D eigenvalue weighted by Crippen LogP contribution is 2.36. The van der Waals surface area contributed by atoms with Gasteiger partial charge in [-0.05, 0) is 0 Å². The molecule has 7 saturated heterocycles. The molecule has 0 radical (unpaired) electrons. The summed E-state index contributed by atoms with van der Waals surface area (Å²) < 4.78 is 71.6. The van der Waals surface area contributed by atoms with E-state index < -0.39 is 261 Å². The first kappa shape index (κ1) is 64.1. The quantitative estimate of drug-likeness (QED) is 0.0571. The van der Waals surface area contributed by atoms with Gasteiger partial charge in [0.05, 0.1) is 46.2 Å². The Morgan fingerprint density at radius 3 is 0.769 bits per heavy atom. The zero-order chi connectivity index (χ0) is 57.3. The fourth-order valence-corrected chi connectivity index (χ4v) is 9.80. The number of ether oxygens (including phenoxy) is 13. The van der Waals surface area contributed by atoms with Gasteiger partial charge in [-0.15, -0.1) is 0 Å². The van der Waals surface area contributed by atoms with Gasteiger partial charge in [-0.3, -0.25) is 0 Å². The second-order valence-corrected chi connectivity index (χ2v) is 19.6. The van der Waals surface area contributed by atoms with Crippen molar-refractivity contribution in [2.75, 3.05) is 46.2 Å². The number of hydrogen-bond acceptors (Lipinski definition) is 36. The fourth-order valence-electron chi connectivity index (χ4n) is 9.80. The smallest absolute Gasteiger partial charge is 0.187 e. The number of aliphatic hydroxyl groups is 23. The minimum atomic E-state index is -2.21. The third kappa shape index (κ3) is 13.2. The van der Waals surface area contributed by atoms with Crippen molar-refractivity contribution in [3.05, 3.63) is 0 Å². The Kier molecular flexibility index (Phi) is 22.6. The van der Waals surface area contributed by atoms with Gasteiger partial charge < -0.3 is 179 Å². The van der Waals surface area contributed by atoms with Crippen LogP contribution in [0.5, 0.6) is 0 Å². The van der Waals surface area contributed by atoms with Gasteiger partial charge in [-0.25, -0.2) is 0 Å². The summed E-state index contributed by atoms with van der Waals surface area (Å²) in [5, 5.41) is 242. The molecule has 0 aliphatic carbocycles. The lowest BCUT2D eigenvalue weighted by Gasteiger charge is -2.48. The van der Waals surface area contributed by atoms with E-state index in [2.05, 4.69) is 0 Å². The summed E-state index contributed by atoms with van der Waals surface area (Å²) in [6, 6.07) is 0. The summed E-state index contributed by atoms with van der Waals surface area (Å²) >= 11 is 0. The average molecular weight is 1150 g/mol. The minimum Gasteiger partial charge on any atom is -0.394 e. The van der Waals surface area contributed by atoms with Gasteiger partial charge in [0.1, 0.15) is 171 Å². The lowest BCUT2D eigenvalue weighted by Crippen LogP contribution is -2.67. The highest BCUT2D eigenvalue weighted by molar-refractivity contribution is 4.99. The standard InChI is InChI=1S/C42H72O36/c43-1-8-15(48)18(51)26(59)39(69-8)76-33-10(3-45)70-37(29(62)22(33)55)67-7-14-17(50)20(53)28(61)41(74-14)77-35-12(5-47)72-42(31(64)24(35)57)78-34-11(4-46)71-38(30(63)23(34)56)66-6-13-16(49)19(52)27(60)40(73-13)75-32-9(2-44)68-36(65)25(58)21(32)54/h8-65H,1-7H2/t8-,9-,10-,11-,12-,13-,14-,15-,16-,17-,18+,19+,20+,21-,22-,23-,24-,25-,26-,27-,28-,29-,30-,31-,32-,33-,34-,35-,36?,37+,38+,39-,40-,41-,42-/m1/s1. The van der Waals surface area contributed by atoms with Crippen LogP contribution in [0.3, 0.4) is 0 Å². The number of hydrogen-bond donors (Lipinski definition) is 23. The Morgan fingerprint density at radius 1 is 0.218 bits per heavy atom. The molecule has 78 heavy (non-hydrogen) atoms. The third-order valence-electron chi connectivity index (χ3n) is 14.5. The van der Waals surface area contributed by atoms with Gasteiger partial charge in [-0.2, -0.15) is 0 Å². The van der Waals surface area contributed by atoms with Crippen LogP contribution in [0.25, 0.3) is 0 Å². The summed E-state index contributed by atoms with van der Waals surface area (Å²) in [6.45, 7) is -6.40. The first-order valence-electron chi connectivity index (χ1n) is 24.7. The lowest BCUT2D eigenvalue weighted by atomic mass is 9.96. The summed E-state index contributed by atoms with van der Waals surface area (Å²) in [5.41, 5.74) is 0. The molecule has 456 valence electrons. The van der Waals surface area contributed by atoms with E-state index in [0.29, 0.717) is 0 Å². The summed E-state index contributed by atoms with van der Waals surface area (Å²) in [4.78, 5) is 0. The minimum absolute atomic E-state index is 0.831. The molecule has 7 rings (SSSR count). The molecule has 0 amide bonds. The Bertz CT molecular complexity index is 1810. The molecule has 23 N–H and O–H groups in total. The van der Waals surface area contributed by atoms with E-state index in [0.717, 1.165) is 0 Å². The molecule has 7 fully saturated rings. The Morgan fingerprint density at radius 2 is 0.449 bits per heavy atom. The first-order chi connectivity index (χ1) is 36.9. The zero-order valence-electron chi connectivity index (χ0n) is 40.8. The van der Waals surface area contributed by atoms with Crippen LogP contribution < -0.4 is 0 Å². The van der Waals surface area contributed by atoms with Crippen molar-refractivity contribution in [2.45, 2.75) is 215 Å². The van der Waals surface area contributed by atoms with Crippen LogP contribution in [0.15, 0.2) is 0 Å². The molecular formula is C42H72O36. The van der Waals surface area contributed by atoms with Crippen molar-refractivity contribution in [1.29, 1.82) is 0 Å². The average Bonchev–Trinajstić information content (AvgIpc) is 3.56. The largest absolute Gasteiger partial charge is 0.394 e. The van der Waals surface area contributed by atoms with Crippen molar-refractivity contribution in [3.63, 3.8) is 0 Å². The highest BCUT2D eigenvalue weighted by atomic mass is 16.8. The molecule has 36 nitrogen and oxygen atoms in total. The molecule has 36 heteroatoms. The van der Waals surface area contributed by atoms with Gasteiger partial charge in [0.25, 0.3) is 0 Å². The number of aliphatic hydroxyl groups excluding tert-OH is 23. The van der Waals surface area contributed by atoms with Crippen LogP contribution in [0.2, 0.25) is 0 Å². The zero-order valence-corrected chi connectivity index (χ0v) is 40.8. The van der Waals surface area contributed by atoms with E-state index >= 15 is 0 Å². The maximum absolute atomic E-state index is 11.3. The molecule has 0 bridgehead atoms. The second kappa shape index (κ2) is 27.5. The van der Waals surface area contributed by atoms with Gasteiger partial charge in [0.15, 0.2) is 44.0 Å². The van der Waals surface area contributed by atoms with Crippen LogP contribution in [0, 0.1) is 0 Å². The van der Waals surface area contributed by atoms with Gasteiger partial charge in [0, 0.05) is 0 Å². The molecule has 0 aromatic heterocycles. The molecule has 1 unspecified atom stereocenters. The predicted octanol–water partition coefficient (Wildman–Crippen LogP) is -16.3. The molecule has 7 aliphatic rings. The molecule has 7 heterocycles. The van der Waals surface area contributed by atoms with Gasteiger partial charge in [0.2, 0.25) is 0 Å². The van der Waals surface area contributed by atoms with E-state index in [1.165, 1.54) is 0 Å². The van der Waals surface area contributed by atoms with Gasteiger partial charge >= 0.3 is 0 Å². The molecule has 0 saturated carbocycles. The van der Waals surface area contributed by atoms with Crippen LogP contribution >= 0.6 is 0 Å². The normalized spacial score (nSPS) is 53.5. The molecular weight excluding hydrogens is 1080 g/mol. The maximum atomic E-state index is 11.3. The van der Waals surface area contributed by atoms with Crippen molar-refractivity contribution in [2.24, 2.45) is 0 Å². The molecule has 35 atom stereocenters. The molecule has 0 aromatic carbocycles. The van der Waals surface area contributed by atoms with Crippen molar-refractivity contribution < 1.29 is 179 Å². The van der Waals surface area contributed by atoms with Crippen LogP contribution in [-0.4, -0.2) is 379 Å². The van der Waals surface area contributed by atoms with Crippen molar-refractivity contribution in [3.8, 4) is 0 Å². The van der Waals surface area contributed by atoms with E-state index in [1.807, 2.05) is 0 Å². The SMILES string of the molecule is OC[C@H]1O[C@H](O[C@H]2[C@H](O)[C@@H](O)[C@@H](OC[C@H]3O[C@H](O[C@H]4[C@H](O)[C@@H](O)[C@@H](O[C@H]5[C@H](O)[C@@H](O)[C@@H](OC[C@H]6O[C@H](O[C@H]7[C@H](O)[C@@H](O)C(O)O[C@@H]7CO)[C@H](O)[C@@H](O)[C@@H]6O)O[C@@H]5CO)O[C@@H]4CO)[C@H](O)[C@@H](O)[C@@H]3O)O[C@@H]2CO)[C@H](O)[C@@H](O)[C@@H]1O. The maximum Gasteiger partial charge on any atom is 0.187 e. The van der Waals surface area contributed by atoms with E-state index in [-0.39, 0.29) is 0 Å². The summed E-state index contributed by atoms with van der Waals surface area (Å²) in [6.07, 6.45) is -66.4. The number of rotatable bonds is 19. The molecule has 0 aromatic rings. The van der Waals surface area contributed by atoms with Crippen molar-refractivity contribution >= 4 is 0 Å². The third-order valence-corrected chi connectivity index (χ3v) is 14.5. The summed E-state index contributed by atoms with van der Waals surface area (Å²) in [7, 11) is 0. The van der Waals surface area contributed by atoms with Crippen LogP contribution in [0.4, 0.5) is 0 Å². The van der Waals surface area contributed by atoms with Crippen LogP contribution in [0.1, 0.15) is 0 Å². The molecule has 0 spiro atoms. The van der Waals surface area contributed by atoms with Gasteiger partial charge in [-0.1, -0.05) is 0 Å². The monoisotopic (exact) mass is 1150 g/mol. The van der Waals surface area contributed by atoms with E-state index in [9.17, 15) is 117 Å². The molecule has 7 aliphatic heterocycles. The van der Waals surface area contributed by atoms with E-state index in [1.54, 1.807) is 0 Å².